The number of pyridine rings is 1. The Morgan fingerprint density at radius 3 is 2.60 bits per heavy atom. The van der Waals surface area contributed by atoms with E-state index in [1.807, 2.05) is 32.1 Å². The molecule has 6 nitrogen and oxygen atoms in total. The molecule has 7 heteroatoms. The van der Waals surface area contributed by atoms with E-state index in [-0.39, 0.29) is 5.82 Å². The highest BCUT2D eigenvalue weighted by atomic mass is 79.9. The van der Waals surface area contributed by atoms with Gasteiger partial charge in [0.1, 0.15) is 24.6 Å². The number of fused-ring (bicyclic) bond motifs is 1. The van der Waals surface area contributed by atoms with Gasteiger partial charge >= 0.3 is 0 Å². The average Bonchev–Trinajstić information content (AvgIpc) is 2.97. The molecule has 0 atom stereocenters. The predicted molar refractivity (Wildman–Crippen MR) is 121 cm³/mol. The molecule has 0 bridgehead atoms. The van der Waals surface area contributed by atoms with Crippen LogP contribution in [0.15, 0.2) is 34.8 Å². The Balaban J connectivity index is 2.24. The lowest BCUT2D eigenvalue weighted by Crippen LogP contribution is -2.03. The fraction of sp³-hybridized carbons (Fsp3) is 0.174. The number of methoxy groups -OCH3 is 1. The van der Waals surface area contributed by atoms with Gasteiger partial charge in [0.05, 0.1) is 28.4 Å². The minimum absolute atomic E-state index is 0.128. The number of nitrogen functional groups attached to an aromatic ring is 1. The quantitative estimate of drug-likeness (QED) is 0.624. The van der Waals surface area contributed by atoms with Crippen molar-refractivity contribution in [3.05, 3.63) is 62.8 Å². The molecule has 0 spiro atoms. The molecule has 30 heavy (non-hydrogen) atoms. The van der Waals surface area contributed by atoms with Crippen LogP contribution in [0.5, 0.6) is 11.5 Å². The maximum absolute atomic E-state index is 9.69. The van der Waals surface area contributed by atoms with E-state index in [2.05, 4.69) is 39.6 Å². The number of ether oxygens (including phenoxy) is 2. The predicted octanol–water partition coefficient (Wildman–Crippen LogP) is 5.03. The van der Waals surface area contributed by atoms with Crippen molar-refractivity contribution in [2.45, 2.75) is 13.8 Å². The molecule has 1 aromatic carbocycles. The maximum atomic E-state index is 9.69. The summed E-state index contributed by atoms with van der Waals surface area (Å²) in [4.78, 5) is 4.35. The van der Waals surface area contributed by atoms with E-state index in [0.29, 0.717) is 40.5 Å². The van der Waals surface area contributed by atoms with Crippen LogP contribution in [-0.4, -0.2) is 18.7 Å². The summed E-state index contributed by atoms with van der Waals surface area (Å²) in [7, 11) is 1.57. The van der Waals surface area contributed by atoms with Gasteiger partial charge in [-0.2, -0.15) is 10.5 Å². The standard InChI is InChI=1S/C23H19BrN4O2/c1-5-6-30-22-18(24)8-14(9-19(22)29-4)7-15-12(2)16(10-25)21-20(15)13(3)17(11-26)23(27)28-21/h5,7-9H,1,6H2,2-4H3,(H2,27,28)/b15-7-. The lowest BCUT2D eigenvalue weighted by Gasteiger charge is -2.14. The second-order valence-electron chi connectivity index (χ2n) is 6.64. The van der Waals surface area contributed by atoms with Gasteiger partial charge in [-0.3, -0.25) is 0 Å². The number of halogens is 1. The number of nitriles is 2. The molecule has 2 N–H and O–H groups in total. The lowest BCUT2D eigenvalue weighted by molar-refractivity contribution is 0.324. The number of nitrogens with zero attached hydrogens (tertiary/aromatic N) is 3. The summed E-state index contributed by atoms with van der Waals surface area (Å²) in [5.74, 6) is 1.26. The first-order chi connectivity index (χ1) is 14.4. The lowest BCUT2D eigenvalue weighted by atomic mass is 9.95. The van der Waals surface area contributed by atoms with Crippen molar-refractivity contribution in [2.75, 3.05) is 19.5 Å². The SMILES string of the molecule is C=CCOc1c(Br)cc(/C=C2/C(C)=C(C#N)c3nc(N)c(C#N)c(C)c32)cc1OC. The van der Waals surface area contributed by atoms with Crippen molar-refractivity contribution in [3.8, 4) is 23.6 Å². The molecule has 0 radical (unpaired) electrons. The summed E-state index contributed by atoms with van der Waals surface area (Å²) in [6.07, 6.45) is 3.60. The summed E-state index contributed by atoms with van der Waals surface area (Å²) in [6, 6.07) is 8.08. The molecule has 0 amide bonds. The molecule has 0 saturated carbocycles. The number of anilines is 1. The van der Waals surface area contributed by atoms with Crippen LogP contribution < -0.4 is 15.2 Å². The molecule has 0 unspecified atom stereocenters. The first-order valence-electron chi connectivity index (χ1n) is 9.03. The van der Waals surface area contributed by atoms with Crippen LogP contribution in [0.1, 0.15) is 34.9 Å². The van der Waals surface area contributed by atoms with Gasteiger partial charge in [0.15, 0.2) is 11.5 Å². The molecule has 150 valence electrons. The summed E-state index contributed by atoms with van der Waals surface area (Å²) in [5, 5.41) is 19.2. The third-order valence-corrected chi connectivity index (χ3v) is 5.48. The summed E-state index contributed by atoms with van der Waals surface area (Å²) in [6.45, 7) is 7.69. The third-order valence-electron chi connectivity index (χ3n) is 4.89. The summed E-state index contributed by atoms with van der Waals surface area (Å²) >= 11 is 3.53. The number of hydrogen-bond donors (Lipinski definition) is 1. The van der Waals surface area contributed by atoms with Crippen molar-refractivity contribution in [1.29, 1.82) is 10.5 Å². The molecular formula is C23H19BrN4O2. The van der Waals surface area contributed by atoms with E-state index < -0.39 is 0 Å². The fourth-order valence-electron chi connectivity index (χ4n) is 3.47. The van der Waals surface area contributed by atoms with E-state index >= 15 is 0 Å². The molecule has 2 aromatic rings. The van der Waals surface area contributed by atoms with E-state index in [9.17, 15) is 10.5 Å². The Morgan fingerprint density at radius 2 is 2.00 bits per heavy atom. The Morgan fingerprint density at radius 1 is 1.27 bits per heavy atom. The van der Waals surface area contributed by atoms with Gasteiger partial charge < -0.3 is 15.2 Å². The van der Waals surface area contributed by atoms with Crippen LogP contribution in [0.2, 0.25) is 0 Å². The number of aromatic nitrogens is 1. The zero-order chi connectivity index (χ0) is 22.0. The molecule has 3 rings (SSSR count). The second-order valence-corrected chi connectivity index (χ2v) is 7.49. The Hall–Kier alpha value is -3.55. The van der Waals surface area contributed by atoms with Crippen LogP contribution in [0, 0.1) is 29.6 Å². The summed E-state index contributed by atoms with van der Waals surface area (Å²) < 4.78 is 11.9. The van der Waals surface area contributed by atoms with Crippen LogP contribution in [0.4, 0.5) is 5.82 Å². The largest absolute Gasteiger partial charge is 0.493 e. The molecule has 1 aliphatic rings. The molecule has 0 saturated heterocycles. The number of rotatable bonds is 5. The van der Waals surface area contributed by atoms with Gasteiger partial charge in [-0.1, -0.05) is 12.7 Å². The van der Waals surface area contributed by atoms with Crippen LogP contribution >= 0.6 is 15.9 Å². The normalized spacial score (nSPS) is 13.6. The van der Waals surface area contributed by atoms with Crippen molar-refractivity contribution < 1.29 is 9.47 Å². The number of benzene rings is 1. The van der Waals surface area contributed by atoms with Gasteiger partial charge in [-0.15, -0.1) is 0 Å². The van der Waals surface area contributed by atoms with Crippen molar-refractivity contribution in [2.24, 2.45) is 0 Å². The van der Waals surface area contributed by atoms with Crippen LogP contribution in [0.25, 0.3) is 17.2 Å². The highest BCUT2D eigenvalue weighted by Crippen LogP contribution is 2.45. The smallest absolute Gasteiger partial charge is 0.175 e. The molecular weight excluding hydrogens is 444 g/mol. The number of hydrogen-bond acceptors (Lipinski definition) is 6. The van der Waals surface area contributed by atoms with E-state index in [4.69, 9.17) is 15.2 Å². The highest BCUT2D eigenvalue weighted by Gasteiger charge is 2.29. The van der Waals surface area contributed by atoms with Gasteiger partial charge in [0, 0.05) is 5.56 Å². The van der Waals surface area contributed by atoms with Crippen LogP contribution in [0.3, 0.4) is 0 Å². The summed E-state index contributed by atoms with van der Waals surface area (Å²) in [5.41, 5.74) is 11.1. The number of nitrogens with two attached hydrogens (primary N) is 1. The topological polar surface area (TPSA) is 105 Å². The van der Waals surface area contributed by atoms with Crippen LogP contribution in [-0.2, 0) is 0 Å². The van der Waals surface area contributed by atoms with E-state index in [1.54, 1.807) is 13.2 Å². The Labute approximate surface area is 183 Å². The van der Waals surface area contributed by atoms with Crippen molar-refractivity contribution in [1.82, 2.24) is 4.98 Å². The second kappa shape index (κ2) is 8.44. The fourth-order valence-corrected chi connectivity index (χ4v) is 4.04. The van der Waals surface area contributed by atoms with Gasteiger partial charge in [0.25, 0.3) is 0 Å². The zero-order valence-corrected chi connectivity index (χ0v) is 18.4. The van der Waals surface area contributed by atoms with Gasteiger partial charge in [-0.05, 0) is 70.3 Å². The highest BCUT2D eigenvalue weighted by molar-refractivity contribution is 9.10. The first-order valence-corrected chi connectivity index (χ1v) is 9.82. The number of allylic oxidation sites excluding steroid dienone is 3. The van der Waals surface area contributed by atoms with Crippen molar-refractivity contribution in [3.63, 3.8) is 0 Å². The Bertz CT molecular complexity index is 1210. The molecule has 0 fully saturated rings. The Kier molecular flexibility index (Phi) is 5.96. The van der Waals surface area contributed by atoms with E-state index in [0.717, 1.165) is 26.7 Å². The average molecular weight is 463 g/mol. The minimum atomic E-state index is 0.128. The zero-order valence-electron chi connectivity index (χ0n) is 16.8. The molecule has 1 heterocycles. The minimum Gasteiger partial charge on any atom is -0.493 e. The van der Waals surface area contributed by atoms with E-state index in [1.165, 1.54) is 0 Å². The van der Waals surface area contributed by atoms with Gasteiger partial charge in [0.2, 0.25) is 0 Å². The maximum Gasteiger partial charge on any atom is 0.175 e. The van der Waals surface area contributed by atoms with Gasteiger partial charge in [-0.25, -0.2) is 4.98 Å². The van der Waals surface area contributed by atoms with Crippen molar-refractivity contribution >= 4 is 39.0 Å². The monoisotopic (exact) mass is 462 g/mol. The molecule has 1 aromatic heterocycles. The molecule has 1 aliphatic carbocycles. The molecule has 0 aliphatic heterocycles. The first kappa shape index (κ1) is 21.2. The third kappa shape index (κ3) is 3.45.